The molecule has 25 aromatic rings. The Labute approximate surface area is 942 Å². The summed E-state index contributed by atoms with van der Waals surface area (Å²) in [6.07, 6.45) is 10.7. The molecule has 0 amide bonds. The number of benzene rings is 19. The fourth-order valence-electron chi connectivity index (χ4n) is 18.2. The molecule has 0 aliphatic heterocycles. The van der Waals surface area contributed by atoms with E-state index in [4.69, 9.17) is 12.8 Å². The molecule has 0 aliphatic carbocycles. The van der Waals surface area contributed by atoms with E-state index in [9.17, 15) is 10.0 Å². The maximum atomic E-state index is 9.31. The smallest absolute Gasteiger partial charge is 0.423 e. The van der Waals surface area contributed by atoms with Crippen molar-refractivity contribution in [1.29, 1.82) is 0 Å². The lowest BCUT2D eigenvalue weighted by Gasteiger charge is -2.07. The SMILES string of the molecule is Brc1cc(C#Cc2ccc3c(c2)c2ccccc2n3-c2ccccc2)c(Br)cc1C#Cc1ccc2c(c1)c1ccccc1n2-c1ccccc1.Brc1cc(I)c(Br)cc1I.C#C[Si](C)(C)C.C#Cc1ccc2c(c1)c1ccccc1n2-c1ccccc1.C[Si](C)(C)C#Cc1ccc2c(c1)c1ccccc1n2-c1ccccc1.Ic1ccc2c(c1)c1ccccc1n2-c1ccccc1.OB(O)c1cccc2c1sc1ccccc12. The van der Waals surface area contributed by atoms with Gasteiger partial charge in [-0.3, -0.25) is 0 Å². The van der Waals surface area contributed by atoms with Crippen molar-refractivity contribution in [1.82, 2.24) is 22.8 Å². The number of para-hydroxylation sites is 10. The van der Waals surface area contributed by atoms with Gasteiger partial charge >= 0.3 is 7.12 Å². The molecule has 18 heteroatoms. The molecular formula is C130H93BBr4I3N5O2SSi2. The van der Waals surface area contributed by atoms with Gasteiger partial charge in [-0.2, -0.15) is 0 Å². The zero-order valence-corrected chi connectivity index (χ0v) is 97.0. The Morgan fingerprint density at radius 1 is 0.264 bits per heavy atom. The van der Waals surface area contributed by atoms with Gasteiger partial charge in [0.1, 0.15) is 16.1 Å². The molecule has 0 bridgehead atoms. The Hall–Kier alpha value is -13.3. The summed E-state index contributed by atoms with van der Waals surface area (Å²) in [6, 6.07) is 150. The largest absolute Gasteiger partial charge is 0.489 e. The molecule has 0 fully saturated rings. The molecule has 0 spiro atoms. The van der Waals surface area contributed by atoms with Crippen LogP contribution in [0.4, 0.5) is 0 Å². The van der Waals surface area contributed by atoms with Gasteiger partial charge in [0.15, 0.2) is 0 Å². The summed E-state index contributed by atoms with van der Waals surface area (Å²) in [5.41, 5.74) is 30.4. The molecule has 6 aromatic heterocycles. The van der Waals surface area contributed by atoms with Crippen LogP contribution in [0.15, 0.2) is 449 Å². The number of thiophene rings is 1. The summed E-state index contributed by atoms with van der Waals surface area (Å²) in [4.78, 5) is 0. The van der Waals surface area contributed by atoms with E-state index in [0.29, 0.717) is 5.46 Å². The number of fused-ring (bicyclic) bond motifs is 18. The van der Waals surface area contributed by atoms with Crippen LogP contribution < -0.4 is 5.46 Å². The van der Waals surface area contributed by atoms with Gasteiger partial charge in [0.05, 0.1) is 55.2 Å². The predicted molar refractivity (Wildman–Crippen MR) is 677 cm³/mol. The Morgan fingerprint density at radius 3 is 0.865 bits per heavy atom. The number of hydrogen-bond donors (Lipinski definition) is 2. The topological polar surface area (TPSA) is 65.1 Å². The minimum absolute atomic E-state index is 0.582. The van der Waals surface area contributed by atoms with Crippen molar-refractivity contribution in [3.05, 3.63) is 493 Å². The highest BCUT2D eigenvalue weighted by Gasteiger charge is 2.22. The molecule has 0 unspecified atom stereocenters. The summed E-state index contributed by atoms with van der Waals surface area (Å²) in [6.45, 7) is 13.3. The number of halogens is 7. The standard InChI is InChI=1S/C46H26Br2N2.C23H21NSi.C20H13N.C18H12IN.C12H9BO2S.C6H2Br2I2.C5H10Si/c47-41-30-34(24-20-32-22-26-46-40(28-32)38-16-8-10-18-44(38)50(46)36-13-5-2-6-14-36)42(48)29-33(41)23-19-31-21-25-45-39(27-31)37-15-7-9-17-43(37)49(45)35-11-3-1-4-12-35;1-25(2,3)16-15-18-13-14-23-21(17-18)20-11-7-8-12-22(20)24(23)19-9-5-4-6-10-19;1-2-15-12-13-20-18(14-15)17-10-6-7-11-19(17)21(20)16-8-4-3-5-9-16;19-13-10-11-18-16(12-13)15-8-4-5-9-17(15)20(18)14-6-2-1-3-7-14;14-13(15)10-6-3-5-9-8-4-1-2-7-11(8)16-12(9)10;7-3-1-5(9)4(8)2-6(3)10;1-5-6(2,3)4/h1-18,21-22,25-30H;4-14,17H,1-3H3;1,3-14H;1-12H;1-7,14-15H;1-2H;1H,2-4H3. The Balaban J connectivity index is 0.000000119. The predicted octanol–water partition coefficient (Wildman–Crippen LogP) is 36.0. The summed E-state index contributed by atoms with van der Waals surface area (Å²) < 4.78 is 21.5. The summed E-state index contributed by atoms with van der Waals surface area (Å²) >= 11 is 23.0. The highest BCUT2D eigenvalue weighted by Crippen LogP contribution is 2.41. The molecule has 19 aromatic carbocycles. The Morgan fingerprint density at radius 2 is 0.541 bits per heavy atom. The van der Waals surface area contributed by atoms with Crippen molar-refractivity contribution in [3.63, 3.8) is 0 Å². The molecule has 148 heavy (non-hydrogen) atoms. The van der Waals surface area contributed by atoms with Gasteiger partial charge in [-0.05, 0) is 355 Å². The Bertz CT molecular complexity index is 9390. The zero-order valence-electron chi connectivity index (χ0n) is 81.4. The van der Waals surface area contributed by atoms with E-state index in [1.54, 1.807) is 17.4 Å². The third-order valence-electron chi connectivity index (χ3n) is 25.0. The molecule has 0 radical (unpaired) electrons. The van der Waals surface area contributed by atoms with Crippen LogP contribution in [0.3, 0.4) is 0 Å². The molecule has 716 valence electrons. The number of terminal acetylenes is 2. The summed E-state index contributed by atoms with van der Waals surface area (Å²) in [5, 5.41) is 33.3. The van der Waals surface area contributed by atoms with E-state index in [1.807, 2.05) is 66.7 Å². The summed E-state index contributed by atoms with van der Waals surface area (Å²) in [5.74, 6) is 19.7. The quantitative estimate of drug-likeness (QED) is 0.0754. The van der Waals surface area contributed by atoms with Gasteiger partial charge in [0, 0.05) is 159 Å². The fraction of sp³-hybridized carbons (Fsp3) is 0.0462. The van der Waals surface area contributed by atoms with Gasteiger partial charge in [-0.15, -0.1) is 35.3 Å². The molecule has 0 aliphatic rings. The second kappa shape index (κ2) is 46.2. The lowest BCUT2D eigenvalue weighted by molar-refractivity contribution is 0.426. The molecule has 7 nitrogen and oxygen atoms in total. The highest BCUT2D eigenvalue weighted by atomic mass is 127. The maximum Gasteiger partial charge on any atom is 0.489 e. The van der Waals surface area contributed by atoms with Crippen LogP contribution in [0, 0.1) is 70.2 Å². The van der Waals surface area contributed by atoms with Crippen LogP contribution >= 0.6 is 143 Å². The van der Waals surface area contributed by atoms with Gasteiger partial charge in [0.2, 0.25) is 0 Å². The molecule has 0 atom stereocenters. The lowest BCUT2D eigenvalue weighted by atomic mass is 9.80. The van der Waals surface area contributed by atoms with Gasteiger partial charge in [0.25, 0.3) is 0 Å². The minimum Gasteiger partial charge on any atom is -0.423 e. The molecule has 25 rings (SSSR count). The molecule has 0 saturated heterocycles. The van der Waals surface area contributed by atoms with Crippen molar-refractivity contribution >= 4 is 301 Å². The summed E-state index contributed by atoms with van der Waals surface area (Å²) in [7, 11) is -3.88. The van der Waals surface area contributed by atoms with Gasteiger partial charge in [-0.25, -0.2) is 0 Å². The van der Waals surface area contributed by atoms with E-state index in [1.165, 1.54) is 130 Å². The van der Waals surface area contributed by atoms with Crippen LogP contribution in [0.5, 0.6) is 0 Å². The maximum absolute atomic E-state index is 9.31. The van der Waals surface area contributed by atoms with E-state index < -0.39 is 23.3 Å². The first kappa shape index (κ1) is 103. The van der Waals surface area contributed by atoms with E-state index in [-0.39, 0.29) is 0 Å². The van der Waals surface area contributed by atoms with Crippen molar-refractivity contribution in [3.8, 4) is 87.9 Å². The second-order valence-electron chi connectivity index (χ2n) is 37.3. The van der Waals surface area contributed by atoms with Crippen LogP contribution in [0.25, 0.3) is 158 Å². The lowest BCUT2D eigenvalue weighted by Crippen LogP contribution is -2.29. The first-order valence-corrected chi connectivity index (χ1v) is 62.2. The number of hydrogen-bond acceptors (Lipinski definition) is 3. The van der Waals surface area contributed by atoms with E-state index in [2.05, 4.69) is 598 Å². The van der Waals surface area contributed by atoms with Crippen LogP contribution in [-0.2, 0) is 0 Å². The second-order valence-corrected chi connectivity index (χ2v) is 54.8. The van der Waals surface area contributed by atoms with Crippen molar-refractivity contribution in [2.24, 2.45) is 0 Å². The average Bonchev–Trinajstić information content (AvgIpc) is 1.62. The van der Waals surface area contributed by atoms with E-state index >= 15 is 0 Å². The first-order chi connectivity index (χ1) is 71.8. The first-order valence-electron chi connectivity index (χ1n) is 48.0. The van der Waals surface area contributed by atoms with Crippen molar-refractivity contribution in [2.75, 3.05) is 0 Å². The van der Waals surface area contributed by atoms with Crippen LogP contribution in [-0.4, -0.2) is 56.1 Å². The van der Waals surface area contributed by atoms with Crippen molar-refractivity contribution in [2.45, 2.75) is 39.3 Å². The van der Waals surface area contributed by atoms with Crippen LogP contribution in [0.2, 0.25) is 39.3 Å². The monoisotopic (exact) mass is 2550 g/mol. The molecule has 6 heterocycles. The van der Waals surface area contributed by atoms with Gasteiger partial charge in [-0.1, -0.05) is 293 Å². The number of aromatic nitrogens is 5. The third kappa shape index (κ3) is 23.0. The fourth-order valence-corrected chi connectivity index (χ4v) is 23.8. The minimum atomic E-state index is -1.41. The molecule has 2 N–H and O–H groups in total. The average molecular weight is 2560 g/mol. The zero-order chi connectivity index (χ0) is 103. The third-order valence-corrected chi connectivity index (χ3v) is 34.5. The normalized spacial score (nSPS) is 11.0. The van der Waals surface area contributed by atoms with E-state index in [0.717, 1.165) is 89.5 Å². The van der Waals surface area contributed by atoms with Crippen LogP contribution in [0.1, 0.15) is 33.4 Å². The molecular weight excluding hydrogens is 2460 g/mol. The highest BCUT2D eigenvalue weighted by molar-refractivity contribution is 14.1. The van der Waals surface area contributed by atoms with Gasteiger partial charge < -0.3 is 32.9 Å². The number of rotatable bonds is 6. The van der Waals surface area contributed by atoms with Crippen molar-refractivity contribution < 1.29 is 10.0 Å². The molecule has 0 saturated carbocycles. The Kier molecular flexibility index (Phi) is 32.3. The number of nitrogens with zero attached hydrogens (tertiary/aromatic N) is 5.